The third-order valence-corrected chi connectivity index (χ3v) is 3.12. The Kier molecular flexibility index (Phi) is 3.45. The Bertz CT molecular complexity index is 725. The highest BCUT2D eigenvalue weighted by molar-refractivity contribution is 6.32. The van der Waals surface area contributed by atoms with Gasteiger partial charge in [-0.25, -0.2) is 0 Å². The van der Waals surface area contributed by atoms with Gasteiger partial charge in [-0.05, 0) is 11.6 Å². The summed E-state index contributed by atoms with van der Waals surface area (Å²) in [6.45, 7) is 0.00436. The molecule has 6 heteroatoms. The maximum Gasteiger partial charge on any atom is 0.259 e. The van der Waals surface area contributed by atoms with E-state index in [0.29, 0.717) is 22.3 Å². The maximum atomic E-state index is 9.01. The van der Waals surface area contributed by atoms with Gasteiger partial charge in [0.1, 0.15) is 0 Å². The molecule has 0 atom stereocenters. The van der Waals surface area contributed by atoms with Gasteiger partial charge in [0.05, 0.1) is 17.2 Å². The second-order valence-corrected chi connectivity index (χ2v) is 4.54. The lowest BCUT2D eigenvalue weighted by Crippen LogP contribution is -1.85. The van der Waals surface area contributed by atoms with Crippen molar-refractivity contribution in [2.45, 2.75) is 6.61 Å². The van der Waals surface area contributed by atoms with Gasteiger partial charge in [-0.1, -0.05) is 41.0 Å². The summed E-state index contributed by atoms with van der Waals surface area (Å²) in [5, 5.41) is 13.4. The minimum absolute atomic E-state index is 0.00436. The van der Waals surface area contributed by atoms with Crippen molar-refractivity contribution in [3.8, 4) is 22.8 Å². The SMILES string of the molecule is OCc1ccc(-c2noc(-c3ccncc3Cl)n2)cc1. The van der Waals surface area contributed by atoms with Crippen LogP contribution in [0.25, 0.3) is 22.8 Å². The Morgan fingerprint density at radius 3 is 2.65 bits per heavy atom. The molecule has 0 amide bonds. The Balaban J connectivity index is 1.95. The molecule has 0 bridgehead atoms. The summed E-state index contributed by atoms with van der Waals surface area (Å²) in [6.07, 6.45) is 3.14. The van der Waals surface area contributed by atoms with Crippen LogP contribution in [0, 0.1) is 0 Å². The van der Waals surface area contributed by atoms with Crippen molar-refractivity contribution in [1.29, 1.82) is 0 Å². The minimum atomic E-state index is 0.00436. The maximum absolute atomic E-state index is 9.01. The first-order valence-electron chi connectivity index (χ1n) is 5.91. The molecule has 0 radical (unpaired) electrons. The average molecular weight is 288 g/mol. The summed E-state index contributed by atoms with van der Waals surface area (Å²) in [6, 6.07) is 8.99. The smallest absolute Gasteiger partial charge is 0.259 e. The van der Waals surface area contributed by atoms with Crippen molar-refractivity contribution >= 4 is 11.6 Å². The molecular formula is C14H10ClN3O2. The first-order valence-corrected chi connectivity index (χ1v) is 6.29. The third kappa shape index (κ3) is 2.41. The number of nitrogens with zero attached hydrogens (tertiary/aromatic N) is 3. The monoisotopic (exact) mass is 287 g/mol. The van der Waals surface area contributed by atoms with E-state index >= 15 is 0 Å². The fraction of sp³-hybridized carbons (Fsp3) is 0.0714. The van der Waals surface area contributed by atoms with E-state index in [9.17, 15) is 0 Å². The van der Waals surface area contributed by atoms with E-state index in [1.165, 1.54) is 6.20 Å². The molecule has 20 heavy (non-hydrogen) atoms. The summed E-state index contributed by atoms with van der Waals surface area (Å²) in [4.78, 5) is 8.22. The first kappa shape index (κ1) is 12.8. The van der Waals surface area contributed by atoms with Crippen LogP contribution in [0.1, 0.15) is 5.56 Å². The predicted molar refractivity (Wildman–Crippen MR) is 73.9 cm³/mol. The summed E-state index contributed by atoms with van der Waals surface area (Å²) in [7, 11) is 0. The number of hydrogen-bond acceptors (Lipinski definition) is 5. The van der Waals surface area contributed by atoms with Gasteiger partial charge in [0.15, 0.2) is 0 Å². The van der Waals surface area contributed by atoms with E-state index in [1.807, 2.05) is 24.3 Å². The number of aliphatic hydroxyl groups is 1. The summed E-state index contributed by atoms with van der Waals surface area (Å²) in [5.41, 5.74) is 2.28. The molecule has 3 rings (SSSR count). The standard InChI is InChI=1S/C14H10ClN3O2/c15-12-7-16-6-5-11(12)14-17-13(18-20-14)10-3-1-9(8-19)2-4-10/h1-7,19H,8H2. The molecule has 0 aliphatic rings. The quantitative estimate of drug-likeness (QED) is 0.802. The molecule has 0 saturated heterocycles. The molecule has 0 aliphatic heterocycles. The van der Waals surface area contributed by atoms with Gasteiger partial charge in [0.2, 0.25) is 5.82 Å². The van der Waals surface area contributed by atoms with Crippen molar-refractivity contribution in [1.82, 2.24) is 15.1 Å². The van der Waals surface area contributed by atoms with Crippen LogP contribution in [0.15, 0.2) is 47.2 Å². The number of benzene rings is 1. The second kappa shape index (κ2) is 5.40. The average Bonchev–Trinajstić information content (AvgIpc) is 2.97. The number of rotatable bonds is 3. The predicted octanol–water partition coefficient (Wildman–Crippen LogP) is 2.94. The molecule has 1 aromatic carbocycles. The normalized spacial score (nSPS) is 10.7. The summed E-state index contributed by atoms with van der Waals surface area (Å²) >= 11 is 6.04. The molecule has 3 aromatic rings. The van der Waals surface area contributed by atoms with E-state index < -0.39 is 0 Å². The highest BCUT2D eigenvalue weighted by atomic mass is 35.5. The number of pyridine rings is 1. The molecule has 100 valence electrons. The van der Waals surface area contributed by atoms with Gasteiger partial charge in [-0.3, -0.25) is 4.98 Å². The fourth-order valence-electron chi connectivity index (χ4n) is 1.76. The molecule has 2 aromatic heterocycles. The van der Waals surface area contributed by atoms with E-state index in [-0.39, 0.29) is 6.61 Å². The van der Waals surface area contributed by atoms with Crippen molar-refractivity contribution in [2.24, 2.45) is 0 Å². The molecular weight excluding hydrogens is 278 g/mol. The van der Waals surface area contributed by atoms with Crippen LogP contribution in [-0.2, 0) is 6.61 Å². The number of aromatic nitrogens is 3. The molecule has 0 unspecified atom stereocenters. The second-order valence-electron chi connectivity index (χ2n) is 4.13. The van der Waals surface area contributed by atoms with E-state index in [2.05, 4.69) is 15.1 Å². The minimum Gasteiger partial charge on any atom is -0.392 e. The first-order chi connectivity index (χ1) is 9.78. The van der Waals surface area contributed by atoms with Gasteiger partial charge >= 0.3 is 0 Å². The van der Waals surface area contributed by atoms with Crippen molar-refractivity contribution < 1.29 is 9.63 Å². The number of aliphatic hydroxyl groups excluding tert-OH is 1. The molecule has 1 N–H and O–H groups in total. The summed E-state index contributed by atoms with van der Waals surface area (Å²) in [5.74, 6) is 0.816. The van der Waals surface area contributed by atoms with Crippen molar-refractivity contribution in [2.75, 3.05) is 0 Å². The zero-order valence-electron chi connectivity index (χ0n) is 10.3. The topological polar surface area (TPSA) is 72.0 Å². The lowest BCUT2D eigenvalue weighted by Gasteiger charge is -1.97. The van der Waals surface area contributed by atoms with Crippen LogP contribution in [0.2, 0.25) is 5.02 Å². The van der Waals surface area contributed by atoms with E-state index in [1.54, 1.807) is 12.3 Å². The van der Waals surface area contributed by atoms with Crippen LogP contribution in [0.5, 0.6) is 0 Å². The molecule has 2 heterocycles. The lowest BCUT2D eigenvalue weighted by molar-refractivity contribution is 0.282. The van der Waals surface area contributed by atoms with E-state index in [4.69, 9.17) is 21.2 Å². The molecule has 0 saturated carbocycles. The zero-order chi connectivity index (χ0) is 13.9. The van der Waals surface area contributed by atoms with Gasteiger partial charge in [-0.2, -0.15) is 4.98 Å². The number of halogens is 1. The Hall–Kier alpha value is -2.24. The van der Waals surface area contributed by atoms with Crippen LogP contribution in [0.3, 0.4) is 0 Å². The summed E-state index contributed by atoms with van der Waals surface area (Å²) < 4.78 is 5.22. The molecule has 0 spiro atoms. The van der Waals surface area contributed by atoms with Gasteiger partial charge in [0, 0.05) is 18.0 Å². The van der Waals surface area contributed by atoms with Crippen LogP contribution < -0.4 is 0 Å². The Labute approximate surface area is 119 Å². The Morgan fingerprint density at radius 2 is 1.95 bits per heavy atom. The van der Waals surface area contributed by atoms with Crippen LogP contribution >= 0.6 is 11.6 Å². The number of hydrogen-bond donors (Lipinski definition) is 1. The van der Waals surface area contributed by atoms with Crippen LogP contribution in [-0.4, -0.2) is 20.2 Å². The van der Waals surface area contributed by atoms with Gasteiger partial charge in [-0.15, -0.1) is 0 Å². The molecule has 0 fully saturated rings. The van der Waals surface area contributed by atoms with Gasteiger partial charge < -0.3 is 9.63 Å². The highest BCUT2D eigenvalue weighted by Crippen LogP contribution is 2.27. The Morgan fingerprint density at radius 1 is 1.15 bits per heavy atom. The van der Waals surface area contributed by atoms with Gasteiger partial charge in [0.25, 0.3) is 5.89 Å². The lowest BCUT2D eigenvalue weighted by atomic mass is 10.1. The van der Waals surface area contributed by atoms with Crippen molar-refractivity contribution in [3.63, 3.8) is 0 Å². The van der Waals surface area contributed by atoms with Crippen molar-refractivity contribution in [3.05, 3.63) is 53.3 Å². The third-order valence-electron chi connectivity index (χ3n) is 2.82. The fourth-order valence-corrected chi connectivity index (χ4v) is 1.96. The zero-order valence-corrected chi connectivity index (χ0v) is 11.1. The molecule has 5 nitrogen and oxygen atoms in total. The largest absolute Gasteiger partial charge is 0.392 e. The molecule has 0 aliphatic carbocycles. The van der Waals surface area contributed by atoms with E-state index in [0.717, 1.165) is 11.1 Å². The highest BCUT2D eigenvalue weighted by Gasteiger charge is 2.13. The van der Waals surface area contributed by atoms with Crippen LogP contribution in [0.4, 0.5) is 0 Å².